The van der Waals surface area contributed by atoms with Gasteiger partial charge in [-0.2, -0.15) is 0 Å². The van der Waals surface area contributed by atoms with E-state index in [-0.39, 0.29) is 0 Å². The predicted molar refractivity (Wildman–Crippen MR) is 93.0 cm³/mol. The van der Waals surface area contributed by atoms with Crippen molar-refractivity contribution in [3.05, 3.63) is 42.7 Å². The topological polar surface area (TPSA) is 28.6 Å². The van der Waals surface area contributed by atoms with Crippen LogP contribution >= 0.6 is 0 Å². The Morgan fingerprint density at radius 1 is 1.13 bits per heavy atom. The Labute approximate surface area is 137 Å². The summed E-state index contributed by atoms with van der Waals surface area (Å²) in [6, 6.07) is 11.0. The highest BCUT2D eigenvalue weighted by Gasteiger charge is 2.30. The first-order valence-electron chi connectivity index (χ1n) is 8.42. The quantitative estimate of drug-likeness (QED) is 0.871. The van der Waals surface area contributed by atoms with Gasteiger partial charge in [0.15, 0.2) is 0 Å². The van der Waals surface area contributed by atoms with E-state index >= 15 is 0 Å². The number of rotatable bonds is 3. The van der Waals surface area contributed by atoms with Gasteiger partial charge in [0.25, 0.3) is 0 Å². The van der Waals surface area contributed by atoms with E-state index < -0.39 is 0 Å². The lowest BCUT2D eigenvalue weighted by molar-refractivity contribution is 0.174. The van der Waals surface area contributed by atoms with Gasteiger partial charge >= 0.3 is 0 Å². The van der Waals surface area contributed by atoms with Crippen molar-refractivity contribution in [3.8, 4) is 16.9 Å². The number of ether oxygens (including phenoxy) is 1. The molecule has 2 atom stereocenters. The van der Waals surface area contributed by atoms with Crippen LogP contribution in [-0.2, 0) is 0 Å². The van der Waals surface area contributed by atoms with Crippen LogP contribution < -0.4 is 9.64 Å². The Morgan fingerprint density at radius 2 is 2.04 bits per heavy atom. The van der Waals surface area contributed by atoms with Crippen LogP contribution in [-0.4, -0.2) is 49.2 Å². The minimum absolute atomic E-state index is 0.632. The van der Waals surface area contributed by atoms with Gasteiger partial charge in [-0.1, -0.05) is 18.2 Å². The molecule has 3 heterocycles. The van der Waals surface area contributed by atoms with E-state index in [0.717, 1.165) is 30.0 Å². The van der Waals surface area contributed by atoms with Gasteiger partial charge in [0.1, 0.15) is 5.75 Å². The van der Waals surface area contributed by atoms with E-state index in [1.165, 1.54) is 31.6 Å². The molecule has 0 saturated carbocycles. The molecule has 2 aliphatic heterocycles. The Morgan fingerprint density at radius 3 is 2.96 bits per heavy atom. The van der Waals surface area contributed by atoms with E-state index in [1.807, 2.05) is 30.6 Å². The van der Waals surface area contributed by atoms with E-state index in [1.54, 1.807) is 7.11 Å². The van der Waals surface area contributed by atoms with Crippen molar-refractivity contribution in [3.63, 3.8) is 0 Å². The molecule has 0 spiro atoms. The minimum atomic E-state index is 0.632. The molecular formula is C19H23N3O. The summed E-state index contributed by atoms with van der Waals surface area (Å²) < 4.78 is 5.50. The number of pyridine rings is 1. The zero-order valence-corrected chi connectivity index (χ0v) is 13.6. The smallest absolute Gasteiger partial charge is 0.126 e. The summed E-state index contributed by atoms with van der Waals surface area (Å²) in [4.78, 5) is 9.64. The number of aromatic nitrogens is 1. The lowest BCUT2D eigenvalue weighted by Gasteiger charge is -2.46. The van der Waals surface area contributed by atoms with Gasteiger partial charge in [-0.3, -0.25) is 9.88 Å². The summed E-state index contributed by atoms with van der Waals surface area (Å²) in [6.45, 7) is 4.72. The maximum absolute atomic E-state index is 5.50. The molecule has 1 aromatic carbocycles. The summed E-state index contributed by atoms with van der Waals surface area (Å²) in [6.07, 6.45) is 6.53. The lowest BCUT2D eigenvalue weighted by atomic mass is 9.99. The molecule has 0 N–H and O–H groups in total. The second kappa shape index (κ2) is 6.20. The fraction of sp³-hybridized carbons (Fsp3) is 0.421. The molecule has 0 radical (unpaired) electrons. The average Bonchev–Trinajstić information content (AvgIpc) is 2.62. The summed E-state index contributed by atoms with van der Waals surface area (Å²) in [5.74, 6) is 0.897. The number of hydrogen-bond acceptors (Lipinski definition) is 4. The largest absolute Gasteiger partial charge is 0.496 e. The van der Waals surface area contributed by atoms with Crippen LogP contribution in [0, 0.1) is 0 Å². The second-order valence-corrected chi connectivity index (χ2v) is 6.42. The van der Waals surface area contributed by atoms with E-state index in [9.17, 15) is 0 Å². The molecule has 2 aromatic rings. The summed E-state index contributed by atoms with van der Waals surface area (Å²) in [5, 5.41) is 0. The molecule has 23 heavy (non-hydrogen) atoms. The molecule has 0 aliphatic carbocycles. The number of fused-ring (bicyclic) bond motifs is 2. The normalized spacial score (nSPS) is 23.6. The highest BCUT2D eigenvalue weighted by atomic mass is 16.5. The van der Waals surface area contributed by atoms with Crippen molar-refractivity contribution in [1.82, 2.24) is 9.88 Å². The highest BCUT2D eigenvalue weighted by Crippen LogP contribution is 2.33. The third kappa shape index (κ3) is 2.79. The minimum Gasteiger partial charge on any atom is -0.496 e. The molecule has 2 saturated heterocycles. The molecule has 4 heteroatoms. The fourth-order valence-corrected chi connectivity index (χ4v) is 3.88. The van der Waals surface area contributed by atoms with Crippen molar-refractivity contribution < 1.29 is 4.74 Å². The summed E-state index contributed by atoms with van der Waals surface area (Å²) >= 11 is 0. The van der Waals surface area contributed by atoms with Crippen LogP contribution in [0.25, 0.3) is 11.1 Å². The number of para-hydroxylation sites is 1. The van der Waals surface area contributed by atoms with Crippen molar-refractivity contribution >= 4 is 5.69 Å². The van der Waals surface area contributed by atoms with Crippen LogP contribution in [0.5, 0.6) is 5.75 Å². The van der Waals surface area contributed by atoms with Gasteiger partial charge in [-0.25, -0.2) is 0 Å². The number of piperazine rings is 1. The first kappa shape index (κ1) is 14.5. The third-order valence-corrected chi connectivity index (χ3v) is 5.05. The monoisotopic (exact) mass is 309 g/mol. The van der Waals surface area contributed by atoms with Gasteiger partial charge in [0, 0.05) is 43.0 Å². The fourth-order valence-electron chi connectivity index (χ4n) is 3.88. The van der Waals surface area contributed by atoms with Crippen LogP contribution in [0.2, 0.25) is 0 Å². The van der Waals surface area contributed by atoms with Gasteiger partial charge in [0.2, 0.25) is 0 Å². The molecule has 2 unspecified atom stereocenters. The van der Waals surface area contributed by atoms with E-state index in [0.29, 0.717) is 6.04 Å². The van der Waals surface area contributed by atoms with E-state index in [2.05, 4.69) is 26.9 Å². The Hall–Kier alpha value is -2.07. The summed E-state index contributed by atoms with van der Waals surface area (Å²) in [7, 11) is 1.72. The molecule has 1 aromatic heterocycles. The molecular weight excluding hydrogens is 286 g/mol. The average molecular weight is 309 g/mol. The van der Waals surface area contributed by atoms with Crippen molar-refractivity contribution in [2.45, 2.75) is 18.9 Å². The maximum atomic E-state index is 5.50. The molecule has 2 bridgehead atoms. The Bertz CT molecular complexity index is 688. The number of nitrogens with zero attached hydrogens (tertiary/aromatic N) is 3. The van der Waals surface area contributed by atoms with Crippen LogP contribution in [0.3, 0.4) is 0 Å². The number of anilines is 1. The number of benzene rings is 1. The van der Waals surface area contributed by atoms with Crippen molar-refractivity contribution in [2.24, 2.45) is 0 Å². The van der Waals surface area contributed by atoms with E-state index in [4.69, 9.17) is 4.74 Å². The van der Waals surface area contributed by atoms with Gasteiger partial charge in [0.05, 0.1) is 19.0 Å². The number of piperidine rings is 1. The molecule has 2 fully saturated rings. The zero-order valence-electron chi connectivity index (χ0n) is 13.6. The van der Waals surface area contributed by atoms with Crippen LogP contribution in [0.15, 0.2) is 42.7 Å². The van der Waals surface area contributed by atoms with Crippen molar-refractivity contribution in [2.75, 3.05) is 38.2 Å². The second-order valence-electron chi connectivity index (χ2n) is 6.42. The number of methoxy groups -OCH3 is 1. The lowest BCUT2D eigenvalue weighted by Crippen LogP contribution is -2.56. The molecule has 2 aliphatic rings. The Kier molecular flexibility index (Phi) is 3.92. The first-order valence-corrected chi connectivity index (χ1v) is 8.42. The molecule has 4 nitrogen and oxygen atoms in total. The third-order valence-electron chi connectivity index (χ3n) is 5.05. The standard InChI is InChI=1S/C19H23N3O/c1-23-19-7-3-2-6-18(19)15-11-17(13-20-12-15)22-10-9-21-8-4-5-16(22)14-21/h2-3,6-7,11-13,16H,4-5,8-10,14H2,1H3. The maximum Gasteiger partial charge on any atom is 0.126 e. The molecule has 120 valence electrons. The summed E-state index contributed by atoms with van der Waals surface area (Å²) in [5.41, 5.74) is 3.46. The van der Waals surface area contributed by atoms with Gasteiger partial charge in [-0.15, -0.1) is 0 Å². The molecule has 4 rings (SSSR count). The van der Waals surface area contributed by atoms with Crippen LogP contribution in [0.4, 0.5) is 5.69 Å². The number of hydrogen-bond donors (Lipinski definition) is 0. The van der Waals surface area contributed by atoms with Gasteiger partial charge < -0.3 is 9.64 Å². The van der Waals surface area contributed by atoms with Gasteiger partial charge in [-0.05, 0) is 31.5 Å². The highest BCUT2D eigenvalue weighted by molar-refractivity contribution is 5.72. The first-order chi connectivity index (χ1) is 11.3. The van der Waals surface area contributed by atoms with Crippen LogP contribution in [0.1, 0.15) is 12.8 Å². The Balaban J connectivity index is 1.66. The van der Waals surface area contributed by atoms with Crippen molar-refractivity contribution in [1.29, 1.82) is 0 Å². The predicted octanol–water partition coefficient (Wildman–Crippen LogP) is 3.04. The SMILES string of the molecule is COc1ccccc1-c1cncc(N2CCN3CCCC2C3)c1. The molecule has 0 amide bonds. The zero-order chi connectivity index (χ0) is 15.6.